The average molecular weight is 382 g/mol. The molecule has 1 spiro atoms. The van der Waals surface area contributed by atoms with Crippen molar-refractivity contribution in [3.63, 3.8) is 0 Å². The van der Waals surface area contributed by atoms with Gasteiger partial charge in [0, 0.05) is 13.5 Å². The summed E-state index contributed by atoms with van der Waals surface area (Å²) in [4.78, 5) is 20.0. The summed E-state index contributed by atoms with van der Waals surface area (Å²) < 4.78 is 5.34. The van der Waals surface area contributed by atoms with E-state index in [4.69, 9.17) is 9.73 Å². The van der Waals surface area contributed by atoms with Crippen LogP contribution in [0.1, 0.15) is 29.2 Å². The Hall–Kier alpha value is -3.40. The molecule has 0 radical (unpaired) electrons. The summed E-state index contributed by atoms with van der Waals surface area (Å²) in [7, 11) is 3.56. The van der Waals surface area contributed by atoms with Crippen LogP contribution >= 0.6 is 0 Å². The number of ether oxygens (including phenoxy) is 1. The largest absolute Gasteiger partial charge is 0.497 e. The molecular formula is C25H22N2O2. The summed E-state index contributed by atoms with van der Waals surface area (Å²) in [5, 5.41) is 0. The molecule has 3 aromatic rings. The molecule has 5 rings (SSSR count). The number of hydrogen-bond donors (Lipinski definition) is 0. The molecule has 4 nitrogen and oxygen atoms in total. The van der Waals surface area contributed by atoms with Crippen molar-refractivity contribution in [1.29, 1.82) is 0 Å². The van der Waals surface area contributed by atoms with Gasteiger partial charge in [-0.3, -0.25) is 9.79 Å². The van der Waals surface area contributed by atoms with Crippen molar-refractivity contribution in [1.82, 2.24) is 4.90 Å². The Morgan fingerprint density at radius 1 is 0.966 bits per heavy atom. The summed E-state index contributed by atoms with van der Waals surface area (Å²) in [6, 6.07) is 26.3. The van der Waals surface area contributed by atoms with Crippen LogP contribution in [0, 0.1) is 0 Å². The van der Waals surface area contributed by atoms with E-state index in [-0.39, 0.29) is 11.9 Å². The van der Waals surface area contributed by atoms with Crippen molar-refractivity contribution in [3.8, 4) is 5.75 Å². The normalized spacial score (nSPS) is 22.7. The summed E-state index contributed by atoms with van der Waals surface area (Å²) in [5.74, 6) is 0.935. The van der Waals surface area contributed by atoms with Crippen LogP contribution < -0.4 is 4.74 Å². The highest BCUT2D eigenvalue weighted by Gasteiger charge is 2.58. The fraction of sp³-hybridized carbons (Fsp3) is 0.200. The highest BCUT2D eigenvalue weighted by molar-refractivity contribution is 6.16. The van der Waals surface area contributed by atoms with Gasteiger partial charge in [-0.25, -0.2) is 0 Å². The molecule has 1 amide bonds. The van der Waals surface area contributed by atoms with E-state index in [1.165, 1.54) is 0 Å². The van der Waals surface area contributed by atoms with E-state index in [1.54, 1.807) is 7.11 Å². The quantitative estimate of drug-likeness (QED) is 0.661. The van der Waals surface area contributed by atoms with Gasteiger partial charge in [-0.1, -0.05) is 60.7 Å². The zero-order valence-electron chi connectivity index (χ0n) is 16.5. The molecule has 0 bridgehead atoms. The van der Waals surface area contributed by atoms with E-state index in [9.17, 15) is 4.79 Å². The number of likely N-dealkylation sites (tertiary alicyclic amines) is 1. The molecule has 0 aliphatic carbocycles. The Morgan fingerprint density at radius 2 is 1.66 bits per heavy atom. The molecule has 0 aromatic heterocycles. The lowest BCUT2D eigenvalue weighted by molar-refractivity contribution is -0.127. The van der Waals surface area contributed by atoms with Crippen molar-refractivity contribution in [2.75, 3.05) is 14.2 Å². The number of fused-ring (bicyclic) bond motifs is 2. The second-order valence-electron chi connectivity index (χ2n) is 7.67. The third-order valence-corrected chi connectivity index (χ3v) is 6.20. The predicted molar refractivity (Wildman–Crippen MR) is 114 cm³/mol. The molecule has 29 heavy (non-hydrogen) atoms. The SMILES string of the molecule is COc1ccc([C@H]2N(C)C(=O)C[C@]23C(c2ccccc2)=Nc2ccccc23)cc1. The maximum absolute atomic E-state index is 13.1. The van der Waals surface area contributed by atoms with Crippen LogP contribution in [-0.4, -0.2) is 30.7 Å². The van der Waals surface area contributed by atoms with Crippen molar-refractivity contribution in [2.24, 2.45) is 4.99 Å². The number of amides is 1. The number of rotatable bonds is 3. The van der Waals surface area contributed by atoms with Crippen LogP contribution in [0.15, 0.2) is 83.9 Å². The molecule has 2 aliphatic rings. The maximum atomic E-state index is 13.1. The van der Waals surface area contributed by atoms with Gasteiger partial charge in [-0.2, -0.15) is 0 Å². The Balaban J connectivity index is 1.76. The van der Waals surface area contributed by atoms with Crippen molar-refractivity contribution < 1.29 is 9.53 Å². The lowest BCUT2D eigenvalue weighted by atomic mass is 9.68. The Kier molecular flexibility index (Phi) is 4.02. The summed E-state index contributed by atoms with van der Waals surface area (Å²) in [5.41, 5.74) is 4.67. The van der Waals surface area contributed by atoms with Gasteiger partial charge in [-0.05, 0) is 34.9 Å². The van der Waals surface area contributed by atoms with Gasteiger partial charge in [0.2, 0.25) is 5.91 Å². The van der Waals surface area contributed by atoms with E-state index in [0.29, 0.717) is 6.42 Å². The van der Waals surface area contributed by atoms with Crippen LogP contribution in [0.4, 0.5) is 5.69 Å². The van der Waals surface area contributed by atoms with Crippen LogP contribution in [0.5, 0.6) is 5.75 Å². The third-order valence-electron chi connectivity index (χ3n) is 6.20. The van der Waals surface area contributed by atoms with E-state index < -0.39 is 5.41 Å². The van der Waals surface area contributed by atoms with Gasteiger partial charge >= 0.3 is 0 Å². The lowest BCUT2D eigenvalue weighted by Crippen LogP contribution is -2.39. The van der Waals surface area contributed by atoms with Gasteiger partial charge in [0.05, 0.1) is 30.0 Å². The number of aliphatic imine (C=N–C) groups is 1. The first-order valence-electron chi connectivity index (χ1n) is 9.79. The van der Waals surface area contributed by atoms with Crippen molar-refractivity contribution in [3.05, 3.63) is 95.6 Å². The number of nitrogens with zero attached hydrogens (tertiary/aromatic N) is 2. The first-order chi connectivity index (χ1) is 14.1. The minimum atomic E-state index is -0.516. The Bertz CT molecular complexity index is 1110. The van der Waals surface area contributed by atoms with Crippen LogP contribution in [0.25, 0.3) is 0 Å². The molecule has 0 unspecified atom stereocenters. The highest BCUT2D eigenvalue weighted by Crippen LogP contribution is 2.56. The van der Waals surface area contributed by atoms with E-state index >= 15 is 0 Å². The molecule has 3 aromatic carbocycles. The maximum Gasteiger partial charge on any atom is 0.224 e. The van der Waals surface area contributed by atoms with E-state index in [1.807, 2.05) is 60.5 Å². The number of hydrogen-bond acceptors (Lipinski definition) is 3. The molecule has 0 N–H and O–H groups in total. The highest BCUT2D eigenvalue weighted by atomic mass is 16.5. The van der Waals surface area contributed by atoms with E-state index in [2.05, 4.69) is 30.3 Å². The van der Waals surface area contributed by atoms with Gasteiger partial charge in [0.15, 0.2) is 0 Å². The smallest absolute Gasteiger partial charge is 0.224 e. The third kappa shape index (κ3) is 2.52. The molecule has 4 heteroatoms. The number of benzene rings is 3. The second kappa shape index (κ2) is 6.59. The lowest BCUT2D eigenvalue weighted by Gasteiger charge is -2.36. The summed E-state index contributed by atoms with van der Waals surface area (Å²) in [6.07, 6.45) is 0.408. The molecular weight excluding hydrogens is 360 g/mol. The van der Waals surface area contributed by atoms with Crippen LogP contribution in [0.2, 0.25) is 0 Å². The number of carbonyl (C=O) groups excluding carboxylic acids is 1. The van der Waals surface area contributed by atoms with E-state index in [0.717, 1.165) is 33.8 Å². The topological polar surface area (TPSA) is 41.9 Å². The first kappa shape index (κ1) is 17.7. The Morgan fingerprint density at radius 3 is 2.38 bits per heavy atom. The fourth-order valence-electron chi connectivity index (χ4n) is 4.90. The summed E-state index contributed by atoms with van der Waals surface area (Å²) >= 11 is 0. The minimum Gasteiger partial charge on any atom is -0.497 e. The van der Waals surface area contributed by atoms with Gasteiger partial charge in [0.1, 0.15) is 5.75 Å². The minimum absolute atomic E-state index is 0.131. The fourth-order valence-corrected chi connectivity index (χ4v) is 4.90. The number of likely N-dealkylation sites (N-methyl/N-ethyl adjacent to an activating group) is 1. The number of carbonyl (C=O) groups is 1. The van der Waals surface area contributed by atoms with Crippen LogP contribution in [-0.2, 0) is 10.2 Å². The molecule has 0 saturated carbocycles. The average Bonchev–Trinajstić information content (AvgIpc) is 3.23. The number of methoxy groups -OCH3 is 1. The van der Waals surface area contributed by atoms with Gasteiger partial charge in [-0.15, -0.1) is 0 Å². The molecule has 1 fully saturated rings. The second-order valence-corrected chi connectivity index (χ2v) is 7.67. The Labute approximate surface area is 170 Å². The molecule has 1 saturated heterocycles. The first-order valence-corrected chi connectivity index (χ1v) is 9.79. The molecule has 2 atom stereocenters. The standard InChI is InChI=1S/C25H22N2O2/c1-27-22(28)16-25(24(27)18-12-14-19(29-2)15-13-18)20-10-6-7-11-21(20)26-23(25)17-8-4-3-5-9-17/h3-15,24H,16H2,1-2H3/t24-,25+/m1/s1. The zero-order chi connectivity index (χ0) is 20.0. The van der Waals surface area contributed by atoms with Gasteiger partial charge in [0.25, 0.3) is 0 Å². The molecule has 2 aliphatic heterocycles. The summed E-state index contributed by atoms with van der Waals surface area (Å²) in [6.45, 7) is 0. The molecule has 2 heterocycles. The van der Waals surface area contributed by atoms with Gasteiger partial charge < -0.3 is 9.64 Å². The zero-order valence-corrected chi connectivity index (χ0v) is 16.5. The van der Waals surface area contributed by atoms with Crippen molar-refractivity contribution in [2.45, 2.75) is 17.9 Å². The predicted octanol–water partition coefficient (Wildman–Crippen LogP) is 4.67. The van der Waals surface area contributed by atoms with Crippen molar-refractivity contribution >= 4 is 17.3 Å². The van der Waals surface area contributed by atoms with Crippen LogP contribution in [0.3, 0.4) is 0 Å². The molecule has 144 valence electrons. The monoisotopic (exact) mass is 382 g/mol. The number of para-hydroxylation sites is 1.